The minimum atomic E-state index is -1.20. The molecule has 0 aliphatic carbocycles. The summed E-state index contributed by atoms with van der Waals surface area (Å²) in [6, 6.07) is 9.47. The molecular formula is C16H17N5O4. The van der Waals surface area contributed by atoms with Crippen LogP contribution in [0, 0.1) is 0 Å². The van der Waals surface area contributed by atoms with Gasteiger partial charge in [-0.1, -0.05) is 18.2 Å². The van der Waals surface area contributed by atoms with Crippen LogP contribution in [-0.4, -0.2) is 59.8 Å². The van der Waals surface area contributed by atoms with E-state index < -0.39 is 31.1 Å². The predicted octanol–water partition coefficient (Wildman–Crippen LogP) is 0.181. The summed E-state index contributed by atoms with van der Waals surface area (Å²) in [4.78, 5) is 12.8. The minimum Gasteiger partial charge on any atom is -0.394 e. The molecule has 0 saturated carbocycles. The van der Waals surface area contributed by atoms with E-state index in [-0.39, 0.29) is 0 Å². The maximum Gasteiger partial charge on any atom is 0.229 e. The van der Waals surface area contributed by atoms with Crippen molar-refractivity contribution in [1.82, 2.24) is 19.5 Å². The van der Waals surface area contributed by atoms with Gasteiger partial charge in [-0.2, -0.15) is 4.98 Å². The van der Waals surface area contributed by atoms with Crippen molar-refractivity contribution >= 4 is 22.8 Å². The molecule has 1 saturated heterocycles. The van der Waals surface area contributed by atoms with Gasteiger partial charge >= 0.3 is 0 Å². The first-order chi connectivity index (χ1) is 12.2. The zero-order valence-electron chi connectivity index (χ0n) is 13.1. The van der Waals surface area contributed by atoms with Gasteiger partial charge < -0.3 is 25.4 Å². The van der Waals surface area contributed by atoms with E-state index >= 15 is 0 Å². The summed E-state index contributed by atoms with van der Waals surface area (Å²) in [5, 5.41) is 32.5. The number of aromatic nitrogens is 4. The van der Waals surface area contributed by atoms with E-state index in [2.05, 4.69) is 20.3 Å². The highest BCUT2D eigenvalue weighted by Gasteiger charge is 2.43. The number of imidazole rings is 1. The first-order valence-electron chi connectivity index (χ1n) is 7.81. The SMILES string of the molecule is OC[C@H]1O[C@@H](n2cnc3cnc(Nc4ccccc4)nc32)[C@H](O)[C@@H]1O. The number of hydrogen-bond acceptors (Lipinski definition) is 8. The molecule has 4 atom stereocenters. The standard InChI is InChI=1S/C16H17N5O4/c22-7-11-12(23)13(24)15(25-11)21-8-18-10-6-17-16(20-14(10)21)19-9-4-2-1-3-5-9/h1-6,8,11-13,15,22-24H,7H2,(H,17,19,20)/t11-,12-,13-,15-/m1/s1. The Balaban J connectivity index is 1.67. The summed E-state index contributed by atoms with van der Waals surface area (Å²) >= 11 is 0. The molecule has 0 unspecified atom stereocenters. The summed E-state index contributed by atoms with van der Waals surface area (Å²) in [5.41, 5.74) is 1.81. The number of para-hydroxylation sites is 1. The van der Waals surface area contributed by atoms with Crippen molar-refractivity contribution in [2.75, 3.05) is 11.9 Å². The molecule has 1 aliphatic rings. The average molecular weight is 343 g/mol. The van der Waals surface area contributed by atoms with Crippen molar-refractivity contribution in [3.05, 3.63) is 42.9 Å². The van der Waals surface area contributed by atoms with Crippen LogP contribution in [0.2, 0.25) is 0 Å². The Morgan fingerprint density at radius 1 is 1.12 bits per heavy atom. The minimum absolute atomic E-state index is 0.368. The summed E-state index contributed by atoms with van der Waals surface area (Å²) in [6.07, 6.45) is -1.11. The van der Waals surface area contributed by atoms with Gasteiger partial charge in [0, 0.05) is 5.69 Å². The molecule has 1 aromatic carbocycles. The molecule has 0 spiro atoms. The first kappa shape index (κ1) is 15.9. The fourth-order valence-corrected chi connectivity index (χ4v) is 2.83. The third kappa shape index (κ3) is 2.83. The van der Waals surface area contributed by atoms with Crippen LogP contribution in [0.25, 0.3) is 11.2 Å². The predicted molar refractivity (Wildman–Crippen MR) is 88.1 cm³/mol. The Hall–Kier alpha value is -2.59. The second-order valence-corrected chi connectivity index (χ2v) is 5.77. The quantitative estimate of drug-likeness (QED) is 0.529. The summed E-state index contributed by atoms with van der Waals surface area (Å²) in [5.74, 6) is 0.368. The van der Waals surface area contributed by atoms with E-state index in [0.717, 1.165) is 5.69 Å². The molecule has 9 nitrogen and oxygen atoms in total. The van der Waals surface area contributed by atoms with Gasteiger partial charge in [-0.3, -0.25) is 4.57 Å². The summed E-state index contributed by atoms with van der Waals surface area (Å²) in [6.45, 7) is -0.392. The zero-order chi connectivity index (χ0) is 17.4. The van der Waals surface area contributed by atoms with Crippen LogP contribution in [0.3, 0.4) is 0 Å². The fraction of sp³-hybridized carbons (Fsp3) is 0.312. The number of fused-ring (bicyclic) bond motifs is 1. The van der Waals surface area contributed by atoms with Gasteiger partial charge in [0.1, 0.15) is 23.8 Å². The molecular weight excluding hydrogens is 326 g/mol. The molecule has 3 aromatic rings. The lowest BCUT2D eigenvalue weighted by Crippen LogP contribution is -2.33. The van der Waals surface area contributed by atoms with Gasteiger partial charge in [0.15, 0.2) is 11.9 Å². The highest BCUT2D eigenvalue weighted by molar-refractivity contribution is 5.72. The third-order valence-electron chi connectivity index (χ3n) is 4.14. The van der Waals surface area contributed by atoms with E-state index in [1.807, 2.05) is 30.3 Å². The molecule has 130 valence electrons. The molecule has 1 aliphatic heterocycles. The number of anilines is 2. The number of nitrogens with one attached hydrogen (secondary N) is 1. The van der Waals surface area contributed by atoms with Crippen molar-refractivity contribution in [2.24, 2.45) is 0 Å². The van der Waals surface area contributed by atoms with Crippen molar-refractivity contribution in [2.45, 2.75) is 24.5 Å². The molecule has 4 N–H and O–H groups in total. The lowest BCUT2D eigenvalue weighted by atomic mass is 10.1. The van der Waals surface area contributed by atoms with Gasteiger partial charge in [-0.25, -0.2) is 9.97 Å². The Morgan fingerprint density at radius 2 is 1.92 bits per heavy atom. The second kappa shape index (κ2) is 6.37. The van der Waals surface area contributed by atoms with E-state index in [4.69, 9.17) is 4.74 Å². The molecule has 0 radical (unpaired) electrons. The third-order valence-corrected chi connectivity index (χ3v) is 4.14. The maximum absolute atomic E-state index is 10.2. The van der Waals surface area contributed by atoms with Gasteiger partial charge in [-0.15, -0.1) is 0 Å². The van der Waals surface area contributed by atoms with Gasteiger partial charge in [-0.05, 0) is 12.1 Å². The van der Waals surface area contributed by atoms with E-state index in [1.54, 1.807) is 6.20 Å². The zero-order valence-corrected chi connectivity index (χ0v) is 13.1. The summed E-state index contributed by atoms with van der Waals surface area (Å²) in [7, 11) is 0. The Morgan fingerprint density at radius 3 is 2.64 bits per heavy atom. The molecule has 1 fully saturated rings. The monoisotopic (exact) mass is 343 g/mol. The van der Waals surface area contributed by atoms with E-state index in [9.17, 15) is 15.3 Å². The maximum atomic E-state index is 10.2. The number of benzene rings is 1. The van der Waals surface area contributed by atoms with Crippen LogP contribution < -0.4 is 5.32 Å². The van der Waals surface area contributed by atoms with Crippen LogP contribution in [0.1, 0.15) is 6.23 Å². The Labute approximate surface area is 142 Å². The van der Waals surface area contributed by atoms with Crippen LogP contribution in [0.15, 0.2) is 42.9 Å². The van der Waals surface area contributed by atoms with Crippen molar-refractivity contribution in [3.63, 3.8) is 0 Å². The van der Waals surface area contributed by atoms with E-state index in [1.165, 1.54) is 10.9 Å². The second-order valence-electron chi connectivity index (χ2n) is 5.77. The molecule has 0 bridgehead atoms. The van der Waals surface area contributed by atoms with Crippen LogP contribution >= 0.6 is 0 Å². The normalized spacial score (nSPS) is 26.2. The van der Waals surface area contributed by atoms with Crippen LogP contribution in [-0.2, 0) is 4.74 Å². The average Bonchev–Trinajstić information content (AvgIpc) is 3.17. The molecule has 0 amide bonds. The Kier molecular flexibility index (Phi) is 4.06. The number of ether oxygens (including phenoxy) is 1. The largest absolute Gasteiger partial charge is 0.394 e. The number of aliphatic hydroxyl groups is 3. The van der Waals surface area contributed by atoms with Crippen LogP contribution in [0.5, 0.6) is 0 Å². The highest BCUT2D eigenvalue weighted by atomic mass is 16.6. The molecule has 3 heterocycles. The number of aliphatic hydroxyl groups excluding tert-OH is 3. The first-order valence-corrected chi connectivity index (χ1v) is 7.81. The topological polar surface area (TPSA) is 126 Å². The number of rotatable bonds is 4. The van der Waals surface area contributed by atoms with Gasteiger partial charge in [0.05, 0.1) is 19.1 Å². The highest BCUT2D eigenvalue weighted by Crippen LogP contribution is 2.31. The van der Waals surface area contributed by atoms with Crippen molar-refractivity contribution < 1.29 is 20.1 Å². The number of hydrogen-bond donors (Lipinski definition) is 4. The van der Waals surface area contributed by atoms with Crippen LogP contribution in [0.4, 0.5) is 11.6 Å². The Bertz CT molecular complexity index is 871. The van der Waals surface area contributed by atoms with Crippen molar-refractivity contribution in [3.8, 4) is 0 Å². The molecule has 9 heteroatoms. The lowest BCUT2D eigenvalue weighted by Gasteiger charge is -2.16. The smallest absolute Gasteiger partial charge is 0.229 e. The van der Waals surface area contributed by atoms with Gasteiger partial charge in [0.2, 0.25) is 5.95 Å². The van der Waals surface area contributed by atoms with Crippen molar-refractivity contribution in [1.29, 1.82) is 0 Å². The van der Waals surface area contributed by atoms with Gasteiger partial charge in [0.25, 0.3) is 0 Å². The lowest BCUT2D eigenvalue weighted by molar-refractivity contribution is -0.0511. The number of nitrogens with zero attached hydrogens (tertiary/aromatic N) is 4. The van der Waals surface area contributed by atoms with E-state index in [0.29, 0.717) is 17.1 Å². The molecule has 4 rings (SSSR count). The molecule has 2 aromatic heterocycles. The molecule has 25 heavy (non-hydrogen) atoms. The summed E-state index contributed by atoms with van der Waals surface area (Å²) < 4.78 is 7.06. The fourth-order valence-electron chi connectivity index (χ4n) is 2.83.